The second-order valence-electron chi connectivity index (χ2n) is 3.65. The van der Waals surface area contributed by atoms with Gasteiger partial charge in [0.2, 0.25) is 0 Å². The average molecular weight is 239 g/mol. The molecule has 1 amide bonds. The van der Waals surface area contributed by atoms with Gasteiger partial charge in [-0.05, 0) is 19.4 Å². The summed E-state index contributed by atoms with van der Waals surface area (Å²) in [6, 6.07) is 2.24. The second kappa shape index (κ2) is 5.83. The monoisotopic (exact) mass is 239 g/mol. The van der Waals surface area contributed by atoms with Crippen LogP contribution in [0.1, 0.15) is 30.1 Å². The molecule has 0 radical (unpaired) electrons. The Morgan fingerprint density at radius 3 is 2.71 bits per heavy atom. The zero-order valence-corrected chi connectivity index (χ0v) is 9.30. The first-order valence-corrected chi connectivity index (χ1v) is 5.10. The molecule has 0 spiro atoms. The van der Waals surface area contributed by atoms with E-state index in [1.54, 1.807) is 6.92 Å². The van der Waals surface area contributed by atoms with Gasteiger partial charge in [0.1, 0.15) is 6.26 Å². The standard InChI is InChI=1S/C11H13NO5/c1-7(2-4-9(13)14)12-11(16)8-3-5-10(15)17-6-8/h3,5-7H,2,4H2,1H3,(H,12,16)(H,13,14). The Bertz CT molecular complexity index is 445. The third-order valence-electron chi connectivity index (χ3n) is 2.13. The van der Waals surface area contributed by atoms with E-state index < -0.39 is 17.5 Å². The summed E-state index contributed by atoms with van der Waals surface area (Å²) in [4.78, 5) is 32.6. The lowest BCUT2D eigenvalue weighted by Crippen LogP contribution is -2.33. The highest BCUT2D eigenvalue weighted by Gasteiger charge is 2.11. The Morgan fingerprint density at radius 2 is 2.18 bits per heavy atom. The maximum Gasteiger partial charge on any atom is 0.335 e. The van der Waals surface area contributed by atoms with E-state index in [0.29, 0.717) is 6.42 Å². The molecule has 1 heterocycles. The van der Waals surface area contributed by atoms with Crippen molar-refractivity contribution >= 4 is 11.9 Å². The first kappa shape index (κ1) is 13.0. The Hall–Kier alpha value is -2.11. The van der Waals surface area contributed by atoms with E-state index in [2.05, 4.69) is 9.73 Å². The Labute approximate surface area is 97.3 Å². The van der Waals surface area contributed by atoms with E-state index >= 15 is 0 Å². The Morgan fingerprint density at radius 1 is 1.47 bits per heavy atom. The molecule has 1 rings (SSSR count). The molecule has 1 aromatic rings. The maximum absolute atomic E-state index is 11.6. The molecule has 1 unspecified atom stereocenters. The van der Waals surface area contributed by atoms with Crippen LogP contribution in [0.4, 0.5) is 0 Å². The van der Waals surface area contributed by atoms with Gasteiger partial charge in [-0.2, -0.15) is 0 Å². The third kappa shape index (κ3) is 4.50. The summed E-state index contributed by atoms with van der Waals surface area (Å²) in [6.07, 6.45) is 1.41. The number of hydrogen-bond donors (Lipinski definition) is 2. The fourth-order valence-electron chi connectivity index (χ4n) is 1.21. The predicted molar refractivity (Wildman–Crippen MR) is 58.8 cm³/mol. The number of aliphatic carboxylic acids is 1. The van der Waals surface area contributed by atoms with Crippen LogP contribution in [0.3, 0.4) is 0 Å². The van der Waals surface area contributed by atoms with Gasteiger partial charge in [-0.3, -0.25) is 9.59 Å². The van der Waals surface area contributed by atoms with Crippen LogP contribution < -0.4 is 10.9 Å². The Kier molecular flexibility index (Phi) is 4.45. The van der Waals surface area contributed by atoms with E-state index in [1.165, 1.54) is 6.07 Å². The van der Waals surface area contributed by atoms with Crippen molar-refractivity contribution in [3.05, 3.63) is 34.4 Å². The number of carbonyl (C=O) groups excluding carboxylic acids is 1. The van der Waals surface area contributed by atoms with Gasteiger partial charge in [0.25, 0.3) is 5.91 Å². The molecular weight excluding hydrogens is 226 g/mol. The first-order chi connectivity index (χ1) is 7.99. The van der Waals surface area contributed by atoms with Gasteiger partial charge < -0.3 is 14.8 Å². The van der Waals surface area contributed by atoms with Crippen molar-refractivity contribution in [3.8, 4) is 0 Å². The maximum atomic E-state index is 11.6. The van der Waals surface area contributed by atoms with Crippen molar-refractivity contribution in [2.75, 3.05) is 0 Å². The van der Waals surface area contributed by atoms with E-state index in [0.717, 1.165) is 12.3 Å². The quantitative estimate of drug-likeness (QED) is 0.785. The van der Waals surface area contributed by atoms with Gasteiger partial charge in [-0.25, -0.2) is 4.79 Å². The first-order valence-electron chi connectivity index (χ1n) is 5.10. The number of rotatable bonds is 5. The lowest BCUT2D eigenvalue weighted by molar-refractivity contribution is -0.137. The third-order valence-corrected chi connectivity index (χ3v) is 2.13. The van der Waals surface area contributed by atoms with Gasteiger partial charge in [-0.1, -0.05) is 0 Å². The molecule has 92 valence electrons. The van der Waals surface area contributed by atoms with Gasteiger partial charge in [-0.15, -0.1) is 0 Å². The van der Waals surface area contributed by atoms with Crippen LogP contribution in [0, 0.1) is 0 Å². The lowest BCUT2D eigenvalue weighted by atomic mass is 10.1. The molecule has 6 heteroatoms. The molecule has 6 nitrogen and oxygen atoms in total. The fraction of sp³-hybridized carbons (Fsp3) is 0.364. The SMILES string of the molecule is CC(CCC(=O)O)NC(=O)c1ccc(=O)oc1. The largest absolute Gasteiger partial charge is 0.481 e. The molecule has 17 heavy (non-hydrogen) atoms. The highest BCUT2D eigenvalue weighted by molar-refractivity contribution is 5.93. The van der Waals surface area contributed by atoms with Crippen molar-refractivity contribution in [2.45, 2.75) is 25.8 Å². The minimum absolute atomic E-state index is 0.00861. The molecule has 0 bridgehead atoms. The highest BCUT2D eigenvalue weighted by atomic mass is 16.4. The molecule has 0 aromatic carbocycles. The number of hydrogen-bond acceptors (Lipinski definition) is 4. The van der Waals surface area contributed by atoms with Gasteiger partial charge >= 0.3 is 11.6 Å². The highest BCUT2D eigenvalue weighted by Crippen LogP contribution is 2.00. The molecule has 0 fully saturated rings. The van der Waals surface area contributed by atoms with Crippen molar-refractivity contribution in [1.29, 1.82) is 0 Å². The number of nitrogens with one attached hydrogen (secondary N) is 1. The zero-order valence-electron chi connectivity index (χ0n) is 9.30. The number of amides is 1. The molecule has 0 saturated heterocycles. The summed E-state index contributed by atoms with van der Waals surface area (Å²) in [7, 11) is 0. The van der Waals surface area contributed by atoms with Crippen LogP contribution in [0.2, 0.25) is 0 Å². The molecule has 0 saturated carbocycles. The zero-order chi connectivity index (χ0) is 12.8. The van der Waals surface area contributed by atoms with Gasteiger partial charge in [0.05, 0.1) is 5.56 Å². The molecule has 2 N–H and O–H groups in total. The van der Waals surface area contributed by atoms with Crippen LogP contribution in [0.5, 0.6) is 0 Å². The minimum Gasteiger partial charge on any atom is -0.481 e. The van der Waals surface area contributed by atoms with Gasteiger partial charge in [0, 0.05) is 18.5 Å². The summed E-state index contributed by atoms with van der Waals surface area (Å²) >= 11 is 0. The summed E-state index contributed by atoms with van der Waals surface area (Å²) in [5.74, 6) is -1.30. The molecular formula is C11H13NO5. The minimum atomic E-state index is -0.906. The average Bonchev–Trinajstić information content (AvgIpc) is 2.27. The molecule has 1 atom stereocenters. The van der Waals surface area contributed by atoms with E-state index in [1.807, 2.05) is 0 Å². The van der Waals surface area contributed by atoms with Crippen molar-refractivity contribution < 1.29 is 19.1 Å². The molecule has 1 aromatic heterocycles. The topological polar surface area (TPSA) is 96.6 Å². The molecule has 0 aliphatic rings. The van der Waals surface area contributed by atoms with E-state index in [-0.39, 0.29) is 18.0 Å². The lowest BCUT2D eigenvalue weighted by Gasteiger charge is -2.12. The number of carbonyl (C=O) groups is 2. The van der Waals surface area contributed by atoms with Gasteiger partial charge in [0.15, 0.2) is 0 Å². The van der Waals surface area contributed by atoms with Crippen LogP contribution in [-0.4, -0.2) is 23.0 Å². The van der Waals surface area contributed by atoms with Crippen LogP contribution in [0.25, 0.3) is 0 Å². The van der Waals surface area contributed by atoms with Crippen molar-refractivity contribution in [1.82, 2.24) is 5.32 Å². The van der Waals surface area contributed by atoms with Crippen LogP contribution >= 0.6 is 0 Å². The van der Waals surface area contributed by atoms with E-state index in [9.17, 15) is 14.4 Å². The second-order valence-corrected chi connectivity index (χ2v) is 3.65. The molecule has 0 aliphatic carbocycles. The number of carboxylic acids is 1. The molecule has 0 aliphatic heterocycles. The van der Waals surface area contributed by atoms with Crippen LogP contribution in [-0.2, 0) is 4.79 Å². The fourth-order valence-corrected chi connectivity index (χ4v) is 1.21. The van der Waals surface area contributed by atoms with Crippen molar-refractivity contribution in [2.24, 2.45) is 0 Å². The predicted octanol–water partition coefficient (Wildman–Crippen LogP) is 0.623. The smallest absolute Gasteiger partial charge is 0.335 e. The number of carboxylic acid groups (broad SMARTS) is 1. The van der Waals surface area contributed by atoms with Crippen LogP contribution in [0.15, 0.2) is 27.6 Å². The normalized spacial score (nSPS) is 11.8. The van der Waals surface area contributed by atoms with Crippen molar-refractivity contribution in [3.63, 3.8) is 0 Å². The summed E-state index contributed by atoms with van der Waals surface area (Å²) < 4.78 is 4.55. The van der Waals surface area contributed by atoms with E-state index in [4.69, 9.17) is 5.11 Å². The summed E-state index contributed by atoms with van der Waals surface area (Å²) in [6.45, 7) is 1.71. The summed E-state index contributed by atoms with van der Waals surface area (Å²) in [5, 5.41) is 11.1. The Balaban J connectivity index is 2.51. The summed E-state index contributed by atoms with van der Waals surface area (Å²) in [5.41, 5.74) is -0.299.